The highest BCUT2D eigenvalue weighted by Crippen LogP contribution is 2.31. The van der Waals surface area contributed by atoms with Crippen LogP contribution in [-0.2, 0) is 0 Å². The Balaban J connectivity index is 2.45. The third-order valence-electron chi connectivity index (χ3n) is 2.60. The van der Waals surface area contributed by atoms with Crippen molar-refractivity contribution < 1.29 is 9.18 Å². The van der Waals surface area contributed by atoms with Crippen LogP contribution in [-0.4, -0.2) is 5.91 Å². The maximum Gasteiger partial charge on any atom is 0.250 e. The van der Waals surface area contributed by atoms with E-state index < -0.39 is 11.7 Å². The van der Waals surface area contributed by atoms with Gasteiger partial charge in [-0.2, -0.15) is 0 Å². The third-order valence-corrected chi connectivity index (χ3v) is 3.79. The summed E-state index contributed by atoms with van der Waals surface area (Å²) in [6.07, 6.45) is 0. The molecule has 0 fully saturated rings. The lowest BCUT2D eigenvalue weighted by Crippen LogP contribution is -2.14. The van der Waals surface area contributed by atoms with Crippen molar-refractivity contribution in [3.8, 4) is 0 Å². The van der Waals surface area contributed by atoms with Gasteiger partial charge in [-0.15, -0.1) is 0 Å². The molecular weight excluding hydrogens is 393 g/mol. The van der Waals surface area contributed by atoms with Crippen LogP contribution in [0.1, 0.15) is 10.4 Å². The summed E-state index contributed by atoms with van der Waals surface area (Å²) in [5.41, 5.74) is 11.6. The Morgan fingerprint density at radius 3 is 2.50 bits per heavy atom. The molecule has 0 heterocycles. The first kappa shape index (κ1) is 14.8. The number of carbonyl (C=O) groups excluding carboxylic acids is 1. The highest BCUT2D eigenvalue weighted by molar-refractivity contribution is 9.11. The fraction of sp³-hybridized carbons (Fsp3) is 0. The number of anilines is 3. The maximum absolute atomic E-state index is 13.9. The molecule has 0 radical (unpaired) electrons. The number of halogens is 3. The minimum Gasteiger partial charge on any atom is -0.398 e. The third kappa shape index (κ3) is 3.10. The van der Waals surface area contributed by atoms with Crippen LogP contribution in [0.15, 0.2) is 39.3 Å². The van der Waals surface area contributed by atoms with E-state index in [4.69, 9.17) is 11.5 Å². The van der Waals surface area contributed by atoms with E-state index >= 15 is 0 Å². The molecule has 0 spiro atoms. The predicted molar refractivity (Wildman–Crippen MR) is 84.5 cm³/mol. The van der Waals surface area contributed by atoms with Crippen LogP contribution in [0.2, 0.25) is 0 Å². The van der Waals surface area contributed by atoms with Crippen LogP contribution in [0.5, 0.6) is 0 Å². The predicted octanol–water partition coefficient (Wildman–Crippen LogP) is 3.78. The van der Waals surface area contributed by atoms with Crippen molar-refractivity contribution in [1.82, 2.24) is 0 Å². The number of primary amides is 1. The van der Waals surface area contributed by atoms with E-state index in [1.54, 1.807) is 12.1 Å². The highest BCUT2D eigenvalue weighted by atomic mass is 79.9. The van der Waals surface area contributed by atoms with E-state index in [1.807, 2.05) is 6.07 Å². The number of hydrogen-bond acceptors (Lipinski definition) is 3. The van der Waals surface area contributed by atoms with Gasteiger partial charge in [0, 0.05) is 14.6 Å². The van der Waals surface area contributed by atoms with Crippen LogP contribution in [0.4, 0.5) is 21.5 Å². The molecule has 0 saturated heterocycles. The van der Waals surface area contributed by atoms with Gasteiger partial charge in [-0.3, -0.25) is 4.79 Å². The molecule has 104 valence electrons. The van der Waals surface area contributed by atoms with Gasteiger partial charge in [0.2, 0.25) is 0 Å². The molecule has 0 aliphatic carbocycles. The Kier molecular flexibility index (Phi) is 4.29. The van der Waals surface area contributed by atoms with Crippen molar-refractivity contribution in [3.05, 3.63) is 50.7 Å². The summed E-state index contributed by atoms with van der Waals surface area (Å²) in [5.74, 6) is -1.28. The Hall–Kier alpha value is -1.60. The molecule has 0 atom stereocenters. The van der Waals surface area contributed by atoms with Crippen LogP contribution in [0.25, 0.3) is 0 Å². The molecule has 0 unspecified atom stereocenters. The minimum absolute atomic E-state index is 0.00820. The maximum atomic E-state index is 13.9. The molecule has 2 aromatic rings. The minimum atomic E-state index is -0.709. The van der Waals surface area contributed by atoms with Gasteiger partial charge in [0.25, 0.3) is 5.91 Å². The molecule has 2 aromatic carbocycles. The first-order chi connectivity index (χ1) is 9.38. The largest absolute Gasteiger partial charge is 0.398 e. The lowest BCUT2D eigenvalue weighted by molar-refractivity contribution is 0.100. The molecule has 4 nitrogen and oxygen atoms in total. The molecule has 5 N–H and O–H groups in total. The fourth-order valence-electron chi connectivity index (χ4n) is 1.64. The second-order valence-electron chi connectivity index (χ2n) is 4.03. The van der Waals surface area contributed by atoms with Crippen molar-refractivity contribution >= 4 is 54.8 Å². The Morgan fingerprint density at radius 1 is 1.15 bits per heavy atom. The standard InChI is InChI=1S/C13H10Br2FN3O/c14-6-1-2-8(15)11(3-6)19-12-4-7(13(18)20)10(17)5-9(12)16/h1-5,19H,17H2,(H2,18,20). The number of nitrogens with two attached hydrogens (primary N) is 2. The SMILES string of the molecule is NC(=O)c1cc(Nc2cc(Br)ccc2Br)c(F)cc1N. The van der Waals surface area contributed by atoms with Gasteiger partial charge in [-0.05, 0) is 46.3 Å². The number of carbonyl (C=O) groups is 1. The van der Waals surface area contributed by atoms with Crippen molar-refractivity contribution in [2.75, 3.05) is 11.1 Å². The summed E-state index contributed by atoms with van der Waals surface area (Å²) < 4.78 is 15.5. The summed E-state index contributed by atoms with van der Waals surface area (Å²) in [7, 11) is 0. The molecule has 1 amide bonds. The summed E-state index contributed by atoms with van der Waals surface area (Å²) in [4.78, 5) is 11.2. The summed E-state index contributed by atoms with van der Waals surface area (Å²) >= 11 is 6.68. The topological polar surface area (TPSA) is 81.1 Å². The zero-order chi connectivity index (χ0) is 14.9. The zero-order valence-electron chi connectivity index (χ0n) is 10.1. The van der Waals surface area contributed by atoms with Gasteiger partial charge in [0.15, 0.2) is 0 Å². The second-order valence-corrected chi connectivity index (χ2v) is 5.80. The van der Waals surface area contributed by atoms with Crippen molar-refractivity contribution in [2.24, 2.45) is 5.73 Å². The van der Waals surface area contributed by atoms with Gasteiger partial charge < -0.3 is 16.8 Å². The number of nitrogens with one attached hydrogen (secondary N) is 1. The lowest BCUT2D eigenvalue weighted by atomic mass is 10.1. The van der Waals surface area contributed by atoms with E-state index in [9.17, 15) is 9.18 Å². The van der Waals surface area contributed by atoms with Gasteiger partial charge in [0.1, 0.15) is 5.82 Å². The van der Waals surface area contributed by atoms with Crippen LogP contribution < -0.4 is 16.8 Å². The van der Waals surface area contributed by atoms with E-state index in [1.165, 1.54) is 6.07 Å². The molecule has 0 saturated carbocycles. The first-order valence-corrected chi connectivity index (χ1v) is 7.08. The normalized spacial score (nSPS) is 10.3. The fourth-order valence-corrected chi connectivity index (χ4v) is 2.34. The summed E-state index contributed by atoms with van der Waals surface area (Å²) in [6.45, 7) is 0. The monoisotopic (exact) mass is 401 g/mol. The average molecular weight is 403 g/mol. The smallest absolute Gasteiger partial charge is 0.250 e. The first-order valence-electron chi connectivity index (χ1n) is 5.49. The molecule has 0 aliphatic rings. The summed E-state index contributed by atoms with van der Waals surface area (Å²) in [5, 5.41) is 2.89. The molecule has 20 heavy (non-hydrogen) atoms. The number of amides is 1. The van der Waals surface area contributed by atoms with Crippen molar-refractivity contribution in [2.45, 2.75) is 0 Å². The number of hydrogen-bond donors (Lipinski definition) is 3. The lowest BCUT2D eigenvalue weighted by Gasteiger charge is -2.12. The number of benzene rings is 2. The molecular formula is C13H10Br2FN3O. The van der Waals surface area contributed by atoms with Crippen LogP contribution in [0, 0.1) is 5.82 Å². The highest BCUT2D eigenvalue weighted by Gasteiger charge is 2.13. The van der Waals surface area contributed by atoms with Crippen LogP contribution >= 0.6 is 31.9 Å². The quantitative estimate of drug-likeness (QED) is 0.683. The molecule has 0 aromatic heterocycles. The Morgan fingerprint density at radius 2 is 1.85 bits per heavy atom. The molecule has 0 aliphatic heterocycles. The zero-order valence-corrected chi connectivity index (χ0v) is 13.3. The van der Waals surface area contributed by atoms with E-state index in [-0.39, 0.29) is 16.9 Å². The van der Waals surface area contributed by atoms with Crippen molar-refractivity contribution in [3.63, 3.8) is 0 Å². The Bertz CT molecular complexity index is 692. The van der Waals surface area contributed by atoms with Gasteiger partial charge in [-0.1, -0.05) is 15.9 Å². The van der Waals surface area contributed by atoms with Gasteiger partial charge in [0.05, 0.1) is 16.9 Å². The van der Waals surface area contributed by atoms with E-state index in [0.29, 0.717) is 5.69 Å². The molecule has 0 bridgehead atoms. The summed E-state index contributed by atoms with van der Waals surface area (Å²) in [6, 6.07) is 7.76. The van der Waals surface area contributed by atoms with Gasteiger partial charge in [-0.25, -0.2) is 4.39 Å². The second kappa shape index (κ2) is 5.80. The van der Waals surface area contributed by atoms with Gasteiger partial charge >= 0.3 is 0 Å². The molecule has 2 rings (SSSR count). The van der Waals surface area contributed by atoms with E-state index in [0.717, 1.165) is 15.0 Å². The van der Waals surface area contributed by atoms with Crippen LogP contribution in [0.3, 0.4) is 0 Å². The van der Waals surface area contributed by atoms with Crippen molar-refractivity contribution in [1.29, 1.82) is 0 Å². The van der Waals surface area contributed by atoms with E-state index in [2.05, 4.69) is 37.2 Å². The average Bonchev–Trinajstić information content (AvgIpc) is 2.36. The number of nitrogen functional groups attached to an aromatic ring is 1. The molecule has 7 heteroatoms. The Labute approximate surface area is 131 Å². The number of rotatable bonds is 3.